The van der Waals surface area contributed by atoms with Crippen LogP contribution < -0.4 is 29.6 Å². The maximum absolute atomic E-state index is 10.7. The Bertz CT molecular complexity index is 144. The first-order valence-electron chi connectivity index (χ1n) is 1.19. The van der Waals surface area contributed by atoms with Crippen molar-refractivity contribution in [2.45, 2.75) is 5.76 Å². The van der Waals surface area contributed by atoms with Gasteiger partial charge >= 0.3 is 45.4 Å². The maximum Gasteiger partial charge on any atom is 1.00 e. The van der Waals surface area contributed by atoms with Crippen LogP contribution in [0, 0.1) is 0 Å². The molecular formula is CH3F2NaO3S. The van der Waals surface area contributed by atoms with E-state index in [1.54, 1.807) is 0 Å². The van der Waals surface area contributed by atoms with E-state index < -0.39 is 15.9 Å². The molecule has 0 saturated heterocycles. The van der Waals surface area contributed by atoms with Crippen molar-refractivity contribution in [2.24, 2.45) is 0 Å². The zero-order valence-corrected chi connectivity index (χ0v) is 6.82. The molecule has 0 rings (SSSR count). The minimum Gasteiger partial charge on any atom is -1.00 e. The van der Waals surface area contributed by atoms with Gasteiger partial charge in [-0.05, 0) is 0 Å². The van der Waals surface area contributed by atoms with E-state index in [2.05, 4.69) is 0 Å². The minimum absolute atomic E-state index is 0. The van der Waals surface area contributed by atoms with Crippen LogP contribution in [0.5, 0.6) is 0 Å². The molecule has 0 bridgehead atoms. The predicted octanol–water partition coefficient (Wildman–Crippen LogP) is -2.79. The molecule has 7 heteroatoms. The third-order valence-corrected chi connectivity index (χ3v) is 0.675. The number of rotatable bonds is 1. The van der Waals surface area contributed by atoms with E-state index in [1.165, 1.54) is 0 Å². The second-order valence-electron chi connectivity index (χ2n) is 0.776. The molecule has 0 saturated carbocycles. The summed E-state index contributed by atoms with van der Waals surface area (Å²) in [7, 11) is -5.07. The molecule has 8 heavy (non-hydrogen) atoms. The fourth-order valence-corrected chi connectivity index (χ4v) is 0. The summed E-state index contributed by atoms with van der Waals surface area (Å²) in [6.45, 7) is 0. The molecule has 0 aliphatic carbocycles. The maximum atomic E-state index is 10.7. The SMILES string of the molecule is O=S(=O)(O)C(F)F.[H-].[Na+]. The van der Waals surface area contributed by atoms with Gasteiger partial charge in [-0.25, -0.2) is 0 Å². The summed E-state index contributed by atoms with van der Waals surface area (Å²) in [6, 6.07) is 0. The molecule has 0 heterocycles. The first-order chi connectivity index (χ1) is 2.94. The van der Waals surface area contributed by atoms with Crippen LogP contribution in [0.2, 0.25) is 0 Å². The Morgan fingerprint density at radius 2 is 1.62 bits per heavy atom. The molecule has 0 unspecified atom stereocenters. The van der Waals surface area contributed by atoms with E-state index in [1.807, 2.05) is 0 Å². The fourth-order valence-electron chi connectivity index (χ4n) is 0. The summed E-state index contributed by atoms with van der Waals surface area (Å²) in [5.41, 5.74) is 0. The Morgan fingerprint density at radius 3 is 1.62 bits per heavy atom. The smallest absolute Gasteiger partial charge is 1.00 e. The van der Waals surface area contributed by atoms with Crippen molar-refractivity contribution >= 4 is 10.1 Å². The number of hydrogen-bond acceptors (Lipinski definition) is 2. The number of hydrogen-bond donors (Lipinski definition) is 1. The molecule has 0 aliphatic heterocycles. The zero-order chi connectivity index (χ0) is 6.08. The van der Waals surface area contributed by atoms with Gasteiger partial charge in [0.2, 0.25) is 0 Å². The van der Waals surface area contributed by atoms with Gasteiger partial charge in [-0.3, -0.25) is 4.55 Å². The summed E-state index contributed by atoms with van der Waals surface area (Å²) in [6.07, 6.45) is 0. The molecule has 0 aromatic rings. The molecule has 0 amide bonds. The van der Waals surface area contributed by atoms with Crippen LogP contribution >= 0.6 is 0 Å². The van der Waals surface area contributed by atoms with Crippen molar-refractivity contribution in [3.05, 3.63) is 0 Å². The van der Waals surface area contributed by atoms with Crippen LogP contribution in [-0.4, -0.2) is 18.7 Å². The van der Waals surface area contributed by atoms with E-state index >= 15 is 0 Å². The molecule has 3 nitrogen and oxygen atoms in total. The van der Waals surface area contributed by atoms with Gasteiger partial charge in [0, 0.05) is 0 Å². The zero-order valence-electron chi connectivity index (χ0n) is 5.01. The fraction of sp³-hybridized carbons (Fsp3) is 1.00. The third kappa shape index (κ3) is 4.92. The van der Waals surface area contributed by atoms with E-state index in [9.17, 15) is 8.78 Å². The molecule has 0 aromatic carbocycles. The molecule has 0 radical (unpaired) electrons. The van der Waals surface area contributed by atoms with Gasteiger partial charge in [0.1, 0.15) is 0 Å². The molecule has 0 atom stereocenters. The van der Waals surface area contributed by atoms with Crippen molar-refractivity contribution in [1.29, 1.82) is 0 Å². The summed E-state index contributed by atoms with van der Waals surface area (Å²) < 4.78 is 47.0. The van der Waals surface area contributed by atoms with Crippen LogP contribution in [0.25, 0.3) is 0 Å². The molecule has 0 aromatic heterocycles. The molecule has 0 aliphatic rings. The minimum atomic E-state index is -5.07. The van der Waals surface area contributed by atoms with Crippen molar-refractivity contribution in [3.8, 4) is 0 Å². The topological polar surface area (TPSA) is 54.4 Å². The van der Waals surface area contributed by atoms with Crippen LogP contribution in [0.4, 0.5) is 8.78 Å². The quantitative estimate of drug-likeness (QED) is 0.330. The Balaban J connectivity index is -0.000000180. The van der Waals surface area contributed by atoms with Gasteiger partial charge in [0.15, 0.2) is 0 Å². The van der Waals surface area contributed by atoms with E-state index in [0.717, 1.165) is 0 Å². The Morgan fingerprint density at radius 1 is 1.50 bits per heavy atom. The molecule has 1 N–H and O–H groups in total. The predicted molar refractivity (Wildman–Crippen MR) is 18.7 cm³/mol. The Kier molecular flexibility index (Phi) is 5.39. The summed E-state index contributed by atoms with van der Waals surface area (Å²) in [5.74, 6) is -3.67. The van der Waals surface area contributed by atoms with Crippen LogP contribution in [0.1, 0.15) is 1.43 Å². The van der Waals surface area contributed by atoms with E-state index in [-0.39, 0.29) is 31.0 Å². The Hall–Kier alpha value is 0.770. The van der Waals surface area contributed by atoms with Gasteiger partial charge in [-0.15, -0.1) is 0 Å². The number of halogens is 2. The van der Waals surface area contributed by atoms with E-state index in [4.69, 9.17) is 13.0 Å². The summed E-state index contributed by atoms with van der Waals surface area (Å²) >= 11 is 0. The van der Waals surface area contributed by atoms with Gasteiger partial charge < -0.3 is 1.43 Å². The van der Waals surface area contributed by atoms with Gasteiger partial charge in [0.05, 0.1) is 0 Å². The number of alkyl halides is 2. The standard InChI is InChI=1S/CH2F2O3S.Na.H/c2-1(3)7(4,5)6;;/h1H,(H,4,5,6);;/q;+1;-1. The second-order valence-corrected chi connectivity index (χ2v) is 2.16. The molecule has 46 valence electrons. The monoisotopic (exact) mass is 156 g/mol. The second kappa shape index (κ2) is 3.73. The molecule has 0 spiro atoms. The third-order valence-electron chi connectivity index (χ3n) is 0.225. The van der Waals surface area contributed by atoms with E-state index in [0.29, 0.717) is 0 Å². The normalized spacial score (nSPS) is 11.0. The average molecular weight is 156 g/mol. The Labute approximate surface area is 68.6 Å². The van der Waals surface area contributed by atoms with Crippen LogP contribution in [-0.2, 0) is 10.1 Å². The van der Waals surface area contributed by atoms with Gasteiger partial charge in [-0.1, -0.05) is 0 Å². The molecular weight excluding hydrogens is 153 g/mol. The van der Waals surface area contributed by atoms with Crippen molar-refractivity contribution in [3.63, 3.8) is 0 Å². The first-order valence-corrected chi connectivity index (χ1v) is 2.69. The largest absolute Gasteiger partial charge is 1.00 e. The first kappa shape index (κ1) is 11.6. The van der Waals surface area contributed by atoms with Crippen molar-refractivity contribution < 1.29 is 52.7 Å². The summed E-state index contributed by atoms with van der Waals surface area (Å²) in [4.78, 5) is 0. The average Bonchev–Trinajstić information content (AvgIpc) is 1.31. The van der Waals surface area contributed by atoms with Crippen LogP contribution in [0.15, 0.2) is 0 Å². The molecule has 0 fully saturated rings. The van der Waals surface area contributed by atoms with Crippen molar-refractivity contribution in [2.75, 3.05) is 0 Å². The van der Waals surface area contributed by atoms with Crippen LogP contribution in [0.3, 0.4) is 0 Å². The van der Waals surface area contributed by atoms with Crippen molar-refractivity contribution in [1.82, 2.24) is 0 Å². The van der Waals surface area contributed by atoms with Gasteiger partial charge in [-0.2, -0.15) is 17.2 Å². The van der Waals surface area contributed by atoms with Gasteiger partial charge in [0.25, 0.3) is 0 Å². The summed E-state index contributed by atoms with van der Waals surface area (Å²) in [5, 5.41) is 0.